The molecule has 1 N–H and O–H groups in total. The summed E-state index contributed by atoms with van der Waals surface area (Å²) >= 11 is 2.29. The minimum atomic E-state index is -0.121. The standard InChI is InChI=1S/C24H24INO2/c1-3-28-22-14-8-18(9-15-22)23(26-21-12-10-20(25)11-13-21)16-24(27)19-6-4-17(2)5-7-19/h4-15,23,26H,3,16H2,1-2H3. The molecule has 0 amide bonds. The summed E-state index contributed by atoms with van der Waals surface area (Å²) in [6.45, 7) is 4.63. The van der Waals surface area contributed by atoms with Gasteiger partial charge < -0.3 is 10.1 Å². The van der Waals surface area contributed by atoms with E-state index in [9.17, 15) is 4.79 Å². The molecule has 3 aromatic rings. The van der Waals surface area contributed by atoms with Crippen molar-refractivity contribution in [1.82, 2.24) is 0 Å². The van der Waals surface area contributed by atoms with Gasteiger partial charge in [0.05, 0.1) is 12.6 Å². The summed E-state index contributed by atoms with van der Waals surface area (Å²) in [4.78, 5) is 12.9. The second-order valence-electron chi connectivity index (χ2n) is 6.70. The van der Waals surface area contributed by atoms with Gasteiger partial charge in [-0.25, -0.2) is 0 Å². The fourth-order valence-electron chi connectivity index (χ4n) is 3.01. The summed E-state index contributed by atoms with van der Waals surface area (Å²) in [6.07, 6.45) is 0.378. The number of ketones is 1. The number of ether oxygens (including phenoxy) is 1. The maximum Gasteiger partial charge on any atom is 0.165 e. The van der Waals surface area contributed by atoms with Crippen LogP contribution < -0.4 is 10.1 Å². The van der Waals surface area contributed by atoms with E-state index in [2.05, 4.69) is 40.0 Å². The number of hydrogen-bond donors (Lipinski definition) is 1. The van der Waals surface area contributed by atoms with Gasteiger partial charge in [0.1, 0.15) is 5.75 Å². The first-order valence-electron chi connectivity index (χ1n) is 9.40. The smallest absolute Gasteiger partial charge is 0.165 e. The number of rotatable bonds is 8. The zero-order chi connectivity index (χ0) is 19.9. The third-order valence-electron chi connectivity index (χ3n) is 4.54. The Morgan fingerprint density at radius 1 is 0.964 bits per heavy atom. The highest BCUT2D eigenvalue weighted by molar-refractivity contribution is 14.1. The first-order valence-corrected chi connectivity index (χ1v) is 10.5. The summed E-state index contributed by atoms with van der Waals surface area (Å²) in [7, 11) is 0. The number of nitrogens with one attached hydrogen (secondary N) is 1. The molecule has 0 aromatic heterocycles. The van der Waals surface area contributed by atoms with Crippen LogP contribution >= 0.6 is 22.6 Å². The Morgan fingerprint density at radius 2 is 1.61 bits per heavy atom. The van der Waals surface area contributed by atoms with E-state index < -0.39 is 0 Å². The molecule has 4 heteroatoms. The van der Waals surface area contributed by atoms with E-state index in [4.69, 9.17) is 4.74 Å². The van der Waals surface area contributed by atoms with Crippen molar-refractivity contribution in [3.05, 3.63) is 93.1 Å². The Bertz CT molecular complexity index is 903. The van der Waals surface area contributed by atoms with E-state index >= 15 is 0 Å². The van der Waals surface area contributed by atoms with Crippen LogP contribution in [0.15, 0.2) is 72.8 Å². The normalized spacial score (nSPS) is 11.7. The van der Waals surface area contributed by atoms with Crippen LogP contribution in [0, 0.1) is 10.5 Å². The molecule has 3 nitrogen and oxygen atoms in total. The van der Waals surface area contributed by atoms with Gasteiger partial charge in [0, 0.05) is 21.2 Å². The van der Waals surface area contributed by atoms with Gasteiger partial charge in [0.2, 0.25) is 0 Å². The van der Waals surface area contributed by atoms with Crippen LogP contribution in [-0.2, 0) is 0 Å². The van der Waals surface area contributed by atoms with Crippen LogP contribution in [0.4, 0.5) is 5.69 Å². The monoisotopic (exact) mass is 485 g/mol. The van der Waals surface area contributed by atoms with Crippen molar-refractivity contribution in [3.8, 4) is 5.75 Å². The van der Waals surface area contributed by atoms with Gasteiger partial charge in [-0.3, -0.25) is 4.79 Å². The molecule has 144 valence electrons. The van der Waals surface area contributed by atoms with Gasteiger partial charge in [-0.05, 0) is 78.4 Å². The Labute approximate surface area is 180 Å². The van der Waals surface area contributed by atoms with E-state index in [0.717, 1.165) is 28.1 Å². The highest BCUT2D eigenvalue weighted by Crippen LogP contribution is 2.27. The lowest BCUT2D eigenvalue weighted by molar-refractivity contribution is 0.0976. The molecule has 0 aliphatic rings. The van der Waals surface area contributed by atoms with Gasteiger partial charge in [0.25, 0.3) is 0 Å². The molecule has 0 spiro atoms. The molecule has 3 rings (SSSR count). The molecule has 0 heterocycles. The second kappa shape index (κ2) is 9.73. The van der Waals surface area contributed by atoms with Crippen molar-refractivity contribution < 1.29 is 9.53 Å². The van der Waals surface area contributed by atoms with Crippen molar-refractivity contribution in [3.63, 3.8) is 0 Å². The van der Waals surface area contributed by atoms with Gasteiger partial charge in [-0.2, -0.15) is 0 Å². The summed E-state index contributed by atoms with van der Waals surface area (Å²) in [5, 5.41) is 3.52. The van der Waals surface area contributed by atoms with E-state index in [1.807, 2.05) is 74.5 Å². The molecular weight excluding hydrogens is 461 g/mol. The van der Waals surface area contributed by atoms with Gasteiger partial charge in [-0.15, -0.1) is 0 Å². The Balaban J connectivity index is 1.83. The van der Waals surface area contributed by atoms with Crippen LogP contribution in [0.5, 0.6) is 5.75 Å². The van der Waals surface area contributed by atoms with Gasteiger partial charge in [-0.1, -0.05) is 42.0 Å². The van der Waals surface area contributed by atoms with Crippen LogP contribution in [0.1, 0.15) is 40.9 Å². The fraction of sp³-hybridized carbons (Fsp3) is 0.208. The predicted molar refractivity (Wildman–Crippen MR) is 123 cm³/mol. The van der Waals surface area contributed by atoms with Crippen molar-refractivity contribution in [2.24, 2.45) is 0 Å². The zero-order valence-corrected chi connectivity index (χ0v) is 18.3. The average Bonchev–Trinajstić information content (AvgIpc) is 2.70. The first kappa shape index (κ1) is 20.4. The lowest BCUT2D eigenvalue weighted by Crippen LogP contribution is -2.16. The molecule has 1 unspecified atom stereocenters. The van der Waals surface area contributed by atoms with E-state index in [1.54, 1.807) is 0 Å². The Kier molecular flexibility index (Phi) is 7.09. The maximum absolute atomic E-state index is 12.9. The number of anilines is 1. The Morgan fingerprint density at radius 3 is 2.21 bits per heavy atom. The van der Waals surface area contributed by atoms with Crippen molar-refractivity contribution in [2.45, 2.75) is 26.3 Å². The third-order valence-corrected chi connectivity index (χ3v) is 5.26. The minimum absolute atomic E-state index is 0.121. The van der Waals surface area contributed by atoms with Crippen LogP contribution in [0.25, 0.3) is 0 Å². The number of aryl methyl sites for hydroxylation is 1. The number of hydrogen-bond acceptors (Lipinski definition) is 3. The molecule has 0 aliphatic heterocycles. The highest BCUT2D eigenvalue weighted by Gasteiger charge is 2.17. The molecule has 1 atom stereocenters. The van der Waals surface area contributed by atoms with E-state index in [0.29, 0.717) is 13.0 Å². The lowest BCUT2D eigenvalue weighted by atomic mass is 9.97. The molecular formula is C24H24INO2. The molecule has 0 saturated heterocycles. The van der Waals surface area contributed by atoms with E-state index in [1.165, 1.54) is 3.57 Å². The van der Waals surface area contributed by atoms with Crippen LogP contribution in [0.2, 0.25) is 0 Å². The Hall–Kier alpha value is -2.34. The summed E-state index contributed by atoms with van der Waals surface area (Å²) in [6, 6.07) is 23.8. The van der Waals surface area contributed by atoms with Gasteiger partial charge in [0.15, 0.2) is 5.78 Å². The molecule has 0 radical (unpaired) electrons. The SMILES string of the molecule is CCOc1ccc(C(CC(=O)c2ccc(C)cc2)Nc2ccc(I)cc2)cc1. The largest absolute Gasteiger partial charge is 0.494 e. The number of halogens is 1. The summed E-state index contributed by atoms with van der Waals surface area (Å²) in [5.74, 6) is 0.959. The molecule has 0 bridgehead atoms. The van der Waals surface area contributed by atoms with Crippen molar-refractivity contribution in [2.75, 3.05) is 11.9 Å². The topological polar surface area (TPSA) is 38.3 Å². The molecule has 0 saturated carbocycles. The molecule has 3 aromatic carbocycles. The number of carbonyl (C=O) groups is 1. The van der Waals surface area contributed by atoms with Gasteiger partial charge >= 0.3 is 0 Å². The molecule has 28 heavy (non-hydrogen) atoms. The zero-order valence-electron chi connectivity index (χ0n) is 16.1. The number of carbonyl (C=O) groups excluding carboxylic acids is 1. The quantitative estimate of drug-likeness (QED) is 0.296. The fourth-order valence-corrected chi connectivity index (χ4v) is 3.36. The first-order chi connectivity index (χ1) is 13.5. The second-order valence-corrected chi connectivity index (χ2v) is 7.94. The van der Waals surface area contributed by atoms with Crippen LogP contribution in [0.3, 0.4) is 0 Å². The average molecular weight is 485 g/mol. The predicted octanol–water partition coefficient (Wildman–Crippen LogP) is 6.42. The van der Waals surface area contributed by atoms with Crippen LogP contribution in [-0.4, -0.2) is 12.4 Å². The van der Waals surface area contributed by atoms with Crippen molar-refractivity contribution >= 4 is 34.1 Å². The minimum Gasteiger partial charge on any atom is -0.494 e. The van der Waals surface area contributed by atoms with E-state index in [-0.39, 0.29) is 11.8 Å². The van der Waals surface area contributed by atoms with Crippen molar-refractivity contribution in [1.29, 1.82) is 0 Å². The maximum atomic E-state index is 12.9. The summed E-state index contributed by atoms with van der Waals surface area (Å²) in [5.41, 5.74) is 3.95. The molecule has 0 aliphatic carbocycles. The highest BCUT2D eigenvalue weighted by atomic mass is 127. The number of benzene rings is 3. The summed E-state index contributed by atoms with van der Waals surface area (Å²) < 4.78 is 6.72. The molecule has 0 fully saturated rings. The third kappa shape index (κ3) is 5.58. The lowest BCUT2D eigenvalue weighted by Gasteiger charge is -2.20. The number of Topliss-reactive ketones (excluding diaryl/α,β-unsaturated/α-hetero) is 1.